The second-order valence-electron chi connectivity index (χ2n) is 7.35. The van der Waals surface area contributed by atoms with E-state index < -0.39 is 0 Å². The van der Waals surface area contributed by atoms with E-state index >= 15 is 0 Å². The molecule has 0 spiro atoms. The predicted octanol–water partition coefficient (Wildman–Crippen LogP) is 3.13. The fraction of sp³-hybridized carbons (Fsp3) is 0.409. The molecular weight excluding hydrogens is 374 g/mol. The lowest BCUT2D eigenvalue weighted by Gasteiger charge is -2.36. The summed E-state index contributed by atoms with van der Waals surface area (Å²) in [6.07, 6.45) is 0. The Bertz CT molecular complexity index is 815. The second kappa shape index (κ2) is 8.95. The fourth-order valence-electron chi connectivity index (χ4n) is 3.84. The van der Waals surface area contributed by atoms with Crippen molar-refractivity contribution >= 4 is 23.2 Å². The number of carbonyl (C=O) groups is 1. The maximum atomic E-state index is 13.0. The summed E-state index contributed by atoms with van der Waals surface area (Å²) in [5, 5.41) is 0.744. The smallest absolute Gasteiger partial charge is 0.253 e. The molecule has 5 nitrogen and oxygen atoms in total. The Kier molecular flexibility index (Phi) is 6.15. The van der Waals surface area contributed by atoms with E-state index in [0.717, 1.165) is 75.3 Å². The van der Waals surface area contributed by atoms with Gasteiger partial charge in [0.05, 0.1) is 13.2 Å². The highest BCUT2D eigenvalue weighted by atomic mass is 35.5. The number of benzene rings is 2. The third-order valence-electron chi connectivity index (χ3n) is 5.42. The minimum atomic E-state index is 0.120. The minimum Gasteiger partial charge on any atom is -0.379 e. The predicted molar refractivity (Wildman–Crippen MR) is 112 cm³/mol. The number of amides is 1. The molecule has 2 aliphatic rings. The average molecular weight is 400 g/mol. The molecule has 2 fully saturated rings. The zero-order valence-corrected chi connectivity index (χ0v) is 16.8. The van der Waals surface area contributed by atoms with Gasteiger partial charge in [-0.3, -0.25) is 9.69 Å². The summed E-state index contributed by atoms with van der Waals surface area (Å²) < 4.78 is 5.41. The fourth-order valence-corrected chi connectivity index (χ4v) is 4.03. The largest absolute Gasteiger partial charge is 0.379 e. The summed E-state index contributed by atoms with van der Waals surface area (Å²) in [5.41, 5.74) is 3.08. The Balaban J connectivity index is 1.36. The van der Waals surface area contributed by atoms with Gasteiger partial charge in [-0.1, -0.05) is 29.8 Å². The Morgan fingerprint density at radius 2 is 1.68 bits per heavy atom. The standard InChI is InChI=1S/C22H26ClN3O2/c23-20-5-2-6-21(16-20)25-7-9-26(10-8-25)22(27)19-4-1-3-18(15-19)17-24-11-13-28-14-12-24/h1-6,15-16H,7-14,17H2. The quantitative estimate of drug-likeness (QED) is 0.791. The number of rotatable bonds is 4. The second-order valence-corrected chi connectivity index (χ2v) is 7.78. The van der Waals surface area contributed by atoms with Crippen molar-refractivity contribution in [2.75, 3.05) is 57.4 Å². The van der Waals surface area contributed by atoms with E-state index in [1.54, 1.807) is 0 Å². The van der Waals surface area contributed by atoms with Gasteiger partial charge in [0.1, 0.15) is 0 Å². The summed E-state index contributed by atoms with van der Waals surface area (Å²) in [5.74, 6) is 0.120. The van der Waals surface area contributed by atoms with Gasteiger partial charge in [0.15, 0.2) is 0 Å². The first kappa shape index (κ1) is 19.2. The van der Waals surface area contributed by atoms with Crippen molar-refractivity contribution in [2.24, 2.45) is 0 Å². The molecule has 4 rings (SSSR count). The van der Waals surface area contributed by atoms with Crippen molar-refractivity contribution in [1.82, 2.24) is 9.80 Å². The molecule has 2 aliphatic heterocycles. The summed E-state index contributed by atoms with van der Waals surface area (Å²) in [7, 11) is 0. The van der Waals surface area contributed by atoms with Crippen LogP contribution in [0, 0.1) is 0 Å². The number of anilines is 1. The number of morpholine rings is 1. The molecular formula is C22H26ClN3O2. The Labute approximate surface area is 171 Å². The molecule has 0 bridgehead atoms. The minimum absolute atomic E-state index is 0.120. The zero-order chi connectivity index (χ0) is 19.3. The van der Waals surface area contributed by atoms with Crippen LogP contribution < -0.4 is 4.90 Å². The van der Waals surface area contributed by atoms with Crippen LogP contribution in [0.3, 0.4) is 0 Å². The first-order chi connectivity index (χ1) is 13.7. The van der Waals surface area contributed by atoms with Crippen LogP contribution in [0.2, 0.25) is 5.02 Å². The highest BCUT2D eigenvalue weighted by molar-refractivity contribution is 6.30. The van der Waals surface area contributed by atoms with Crippen LogP contribution in [0.1, 0.15) is 15.9 Å². The van der Waals surface area contributed by atoms with Crippen LogP contribution in [0.5, 0.6) is 0 Å². The average Bonchev–Trinajstić information content (AvgIpc) is 2.74. The molecule has 6 heteroatoms. The van der Waals surface area contributed by atoms with E-state index in [4.69, 9.17) is 16.3 Å². The first-order valence-corrected chi connectivity index (χ1v) is 10.3. The topological polar surface area (TPSA) is 36.0 Å². The third-order valence-corrected chi connectivity index (χ3v) is 5.66. The van der Waals surface area contributed by atoms with Crippen molar-refractivity contribution in [1.29, 1.82) is 0 Å². The molecule has 28 heavy (non-hydrogen) atoms. The SMILES string of the molecule is O=C(c1cccc(CN2CCOCC2)c1)N1CCN(c2cccc(Cl)c2)CC1. The van der Waals surface area contributed by atoms with Crippen molar-refractivity contribution in [3.05, 3.63) is 64.7 Å². The molecule has 0 aliphatic carbocycles. The highest BCUT2D eigenvalue weighted by Crippen LogP contribution is 2.21. The normalized spacial score (nSPS) is 18.3. The van der Waals surface area contributed by atoms with E-state index in [0.29, 0.717) is 0 Å². The van der Waals surface area contributed by atoms with E-state index in [-0.39, 0.29) is 5.91 Å². The van der Waals surface area contributed by atoms with Gasteiger partial charge in [0, 0.05) is 62.1 Å². The molecule has 0 N–H and O–H groups in total. The van der Waals surface area contributed by atoms with Gasteiger partial charge in [0.2, 0.25) is 0 Å². The van der Waals surface area contributed by atoms with Gasteiger partial charge in [0.25, 0.3) is 5.91 Å². The molecule has 0 saturated carbocycles. The van der Waals surface area contributed by atoms with Crippen LogP contribution in [0.4, 0.5) is 5.69 Å². The van der Waals surface area contributed by atoms with Crippen molar-refractivity contribution < 1.29 is 9.53 Å². The van der Waals surface area contributed by atoms with Gasteiger partial charge >= 0.3 is 0 Å². The Morgan fingerprint density at radius 1 is 0.929 bits per heavy atom. The lowest BCUT2D eigenvalue weighted by molar-refractivity contribution is 0.0341. The molecule has 0 radical (unpaired) electrons. The molecule has 0 unspecified atom stereocenters. The molecule has 0 atom stereocenters. The van der Waals surface area contributed by atoms with Crippen molar-refractivity contribution in [3.8, 4) is 0 Å². The number of halogens is 1. The zero-order valence-electron chi connectivity index (χ0n) is 16.0. The lowest BCUT2D eigenvalue weighted by atomic mass is 10.1. The van der Waals surface area contributed by atoms with Gasteiger partial charge < -0.3 is 14.5 Å². The molecule has 2 aromatic rings. The van der Waals surface area contributed by atoms with Crippen molar-refractivity contribution in [3.63, 3.8) is 0 Å². The third kappa shape index (κ3) is 4.66. The number of piperazine rings is 1. The van der Waals surface area contributed by atoms with Gasteiger partial charge in [-0.15, -0.1) is 0 Å². The number of carbonyl (C=O) groups excluding carboxylic acids is 1. The molecule has 2 saturated heterocycles. The Morgan fingerprint density at radius 3 is 2.43 bits per heavy atom. The van der Waals surface area contributed by atoms with Crippen LogP contribution in [0.25, 0.3) is 0 Å². The van der Waals surface area contributed by atoms with Crippen LogP contribution in [-0.4, -0.2) is 68.2 Å². The number of hydrogen-bond acceptors (Lipinski definition) is 4. The van der Waals surface area contributed by atoms with Gasteiger partial charge in [-0.05, 0) is 35.9 Å². The Hall–Kier alpha value is -2.08. The van der Waals surface area contributed by atoms with Gasteiger partial charge in [-0.25, -0.2) is 0 Å². The lowest BCUT2D eigenvalue weighted by Crippen LogP contribution is -2.48. The molecule has 148 valence electrons. The van der Waals surface area contributed by atoms with E-state index in [2.05, 4.69) is 21.9 Å². The maximum absolute atomic E-state index is 13.0. The van der Waals surface area contributed by atoms with E-state index in [1.807, 2.05) is 41.3 Å². The maximum Gasteiger partial charge on any atom is 0.253 e. The summed E-state index contributed by atoms with van der Waals surface area (Å²) in [4.78, 5) is 19.6. The van der Waals surface area contributed by atoms with E-state index in [1.165, 1.54) is 5.56 Å². The number of ether oxygens (including phenoxy) is 1. The molecule has 2 heterocycles. The monoisotopic (exact) mass is 399 g/mol. The molecule has 0 aromatic heterocycles. The van der Waals surface area contributed by atoms with Crippen molar-refractivity contribution in [2.45, 2.75) is 6.54 Å². The molecule has 2 aromatic carbocycles. The van der Waals surface area contributed by atoms with Crippen LogP contribution in [-0.2, 0) is 11.3 Å². The highest BCUT2D eigenvalue weighted by Gasteiger charge is 2.23. The molecule has 1 amide bonds. The number of nitrogens with zero attached hydrogens (tertiary/aromatic N) is 3. The number of hydrogen-bond donors (Lipinski definition) is 0. The first-order valence-electron chi connectivity index (χ1n) is 9.88. The summed E-state index contributed by atoms with van der Waals surface area (Å²) in [6.45, 7) is 7.42. The summed E-state index contributed by atoms with van der Waals surface area (Å²) in [6, 6.07) is 16.0. The van der Waals surface area contributed by atoms with Gasteiger partial charge in [-0.2, -0.15) is 0 Å². The summed E-state index contributed by atoms with van der Waals surface area (Å²) >= 11 is 6.11. The van der Waals surface area contributed by atoms with Crippen LogP contribution in [0.15, 0.2) is 48.5 Å². The van der Waals surface area contributed by atoms with Crippen LogP contribution >= 0.6 is 11.6 Å². The van der Waals surface area contributed by atoms with E-state index in [9.17, 15) is 4.79 Å².